The second-order valence-electron chi connectivity index (χ2n) is 13.8. The van der Waals surface area contributed by atoms with Crippen LogP contribution in [-0.4, -0.2) is 23.1 Å². The molecule has 1 N–H and O–H groups in total. The third-order valence-corrected chi connectivity index (χ3v) is 9.18. The van der Waals surface area contributed by atoms with E-state index in [1.165, 1.54) is 148 Å². The Kier molecular flexibility index (Phi) is 36.6. The van der Waals surface area contributed by atoms with Gasteiger partial charge in [-0.15, -0.1) is 0 Å². The lowest BCUT2D eigenvalue weighted by Gasteiger charge is -2.18. The molecule has 0 aromatic carbocycles. The normalized spacial score (nSPS) is 12.4. The SMILES string of the molecule is CCCCC/C=C\C/C=C\CCCCCCCCCCCC(=O)OC(CCCCC)CCCCCCCCCCCCCC(=O)O. The van der Waals surface area contributed by atoms with Gasteiger partial charge in [0.05, 0.1) is 0 Å². The molecule has 0 bridgehead atoms. The fraction of sp³-hybridized carbons (Fsp3) is 0.857. The van der Waals surface area contributed by atoms with E-state index < -0.39 is 5.97 Å². The predicted molar refractivity (Wildman–Crippen MR) is 200 cm³/mol. The number of unbranched alkanes of at least 4 members (excludes halogenated alkanes) is 24. The van der Waals surface area contributed by atoms with E-state index in [1.807, 2.05) is 0 Å². The smallest absolute Gasteiger partial charge is 0.306 e. The Morgan fingerprint density at radius 2 is 0.848 bits per heavy atom. The number of aliphatic carboxylic acids is 1. The molecule has 4 nitrogen and oxygen atoms in total. The molecule has 1 atom stereocenters. The topological polar surface area (TPSA) is 63.6 Å². The van der Waals surface area contributed by atoms with Crippen LogP contribution in [0.2, 0.25) is 0 Å². The van der Waals surface area contributed by atoms with Crippen LogP contribution in [0, 0.1) is 0 Å². The molecule has 0 amide bonds. The summed E-state index contributed by atoms with van der Waals surface area (Å²) in [6.07, 6.45) is 48.1. The van der Waals surface area contributed by atoms with Crippen molar-refractivity contribution >= 4 is 11.9 Å². The number of ether oxygens (including phenoxy) is 1. The standard InChI is InChI=1S/C42H78O4/c1-3-5-7-8-9-10-11-12-13-14-15-16-17-18-22-25-28-31-35-39-42(45)46-40(36-32-6-4-2)37-33-29-26-23-20-19-21-24-27-30-34-38-41(43)44/h9-10,12-13,40H,3-8,11,14-39H2,1-2H3,(H,43,44)/b10-9-,13-12-. The van der Waals surface area contributed by atoms with Gasteiger partial charge < -0.3 is 9.84 Å². The lowest BCUT2D eigenvalue weighted by Crippen LogP contribution is -2.18. The number of carbonyl (C=O) groups excluding carboxylic acids is 1. The van der Waals surface area contributed by atoms with Gasteiger partial charge in [-0.1, -0.05) is 167 Å². The van der Waals surface area contributed by atoms with Gasteiger partial charge in [-0.05, 0) is 70.6 Å². The largest absolute Gasteiger partial charge is 0.481 e. The number of allylic oxidation sites excluding steroid dienone is 4. The monoisotopic (exact) mass is 647 g/mol. The van der Waals surface area contributed by atoms with Crippen molar-refractivity contribution in [3.8, 4) is 0 Å². The molecule has 0 rings (SSSR count). The second kappa shape index (κ2) is 37.9. The lowest BCUT2D eigenvalue weighted by atomic mass is 10.0. The van der Waals surface area contributed by atoms with Crippen molar-refractivity contribution in [3.05, 3.63) is 24.3 Å². The molecule has 0 aliphatic carbocycles. The number of carboxylic acid groups (broad SMARTS) is 1. The molecule has 0 fully saturated rings. The zero-order valence-electron chi connectivity index (χ0n) is 30.9. The Hall–Kier alpha value is -1.58. The molecule has 0 aliphatic heterocycles. The zero-order valence-corrected chi connectivity index (χ0v) is 30.9. The first kappa shape index (κ1) is 44.4. The minimum absolute atomic E-state index is 0.0292. The van der Waals surface area contributed by atoms with Crippen LogP contribution < -0.4 is 0 Å². The van der Waals surface area contributed by atoms with Gasteiger partial charge in [0.1, 0.15) is 6.10 Å². The minimum atomic E-state index is -0.672. The molecule has 4 heteroatoms. The highest BCUT2D eigenvalue weighted by molar-refractivity contribution is 5.69. The number of carboxylic acids is 1. The highest BCUT2D eigenvalue weighted by atomic mass is 16.5. The van der Waals surface area contributed by atoms with E-state index in [9.17, 15) is 9.59 Å². The number of esters is 1. The van der Waals surface area contributed by atoms with E-state index in [1.54, 1.807) is 0 Å². The van der Waals surface area contributed by atoms with Crippen LogP contribution in [0.1, 0.15) is 226 Å². The minimum Gasteiger partial charge on any atom is -0.481 e. The van der Waals surface area contributed by atoms with Crippen molar-refractivity contribution in [1.82, 2.24) is 0 Å². The summed E-state index contributed by atoms with van der Waals surface area (Å²) in [6, 6.07) is 0. The van der Waals surface area contributed by atoms with Gasteiger partial charge in [0, 0.05) is 12.8 Å². The fourth-order valence-electron chi connectivity index (χ4n) is 6.16. The summed E-state index contributed by atoms with van der Waals surface area (Å²) in [5.74, 6) is -0.643. The van der Waals surface area contributed by atoms with E-state index >= 15 is 0 Å². The Morgan fingerprint density at radius 3 is 1.33 bits per heavy atom. The summed E-state index contributed by atoms with van der Waals surface area (Å²) in [4.78, 5) is 23.1. The average Bonchev–Trinajstić information content (AvgIpc) is 3.04. The fourth-order valence-corrected chi connectivity index (χ4v) is 6.16. The molecule has 0 spiro atoms. The second-order valence-corrected chi connectivity index (χ2v) is 13.8. The number of carbonyl (C=O) groups is 2. The van der Waals surface area contributed by atoms with Gasteiger partial charge in [-0.25, -0.2) is 0 Å². The van der Waals surface area contributed by atoms with Gasteiger partial charge in [0.15, 0.2) is 0 Å². The molecular weight excluding hydrogens is 568 g/mol. The number of hydrogen-bond donors (Lipinski definition) is 1. The molecule has 0 aromatic heterocycles. The summed E-state index contributed by atoms with van der Waals surface area (Å²) in [5.41, 5.74) is 0. The molecule has 0 saturated heterocycles. The summed E-state index contributed by atoms with van der Waals surface area (Å²) in [5, 5.41) is 8.69. The summed E-state index contributed by atoms with van der Waals surface area (Å²) >= 11 is 0. The molecule has 270 valence electrons. The van der Waals surface area contributed by atoms with Crippen LogP contribution in [0.3, 0.4) is 0 Å². The molecule has 0 radical (unpaired) electrons. The average molecular weight is 647 g/mol. The van der Waals surface area contributed by atoms with Gasteiger partial charge in [-0.3, -0.25) is 9.59 Å². The molecule has 0 heterocycles. The van der Waals surface area contributed by atoms with Gasteiger partial charge >= 0.3 is 11.9 Å². The molecular formula is C42H78O4. The first-order chi connectivity index (χ1) is 22.6. The Balaban J connectivity index is 3.70. The Bertz CT molecular complexity index is 698. The van der Waals surface area contributed by atoms with Crippen LogP contribution in [0.15, 0.2) is 24.3 Å². The highest BCUT2D eigenvalue weighted by Gasteiger charge is 2.14. The van der Waals surface area contributed by atoms with E-state index in [-0.39, 0.29) is 12.1 Å². The van der Waals surface area contributed by atoms with E-state index in [0.29, 0.717) is 12.8 Å². The molecule has 46 heavy (non-hydrogen) atoms. The maximum absolute atomic E-state index is 12.6. The van der Waals surface area contributed by atoms with Crippen LogP contribution in [0.25, 0.3) is 0 Å². The van der Waals surface area contributed by atoms with Crippen molar-refractivity contribution in [2.45, 2.75) is 232 Å². The van der Waals surface area contributed by atoms with Crippen LogP contribution in [0.5, 0.6) is 0 Å². The van der Waals surface area contributed by atoms with Crippen molar-refractivity contribution in [1.29, 1.82) is 0 Å². The quantitative estimate of drug-likeness (QED) is 0.0414. The maximum Gasteiger partial charge on any atom is 0.306 e. The number of rotatable bonds is 37. The van der Waals surface area contributed by atoms with Gasteiger partial charge in [-0.2, -0.15) is 0 Å². The summed E-state index contributed by atoms with van der Waals surface area (Å²) in [7, 11) is 0. The lowest BCUT2D eigenvalue weighted by molar-refractivity contribution is -0.150. The molecule has 0 aromatic rings. The van der Waals surface area contributed by atoms with Crippen molar-refractivity contribution < 1.29 is 19.4 Å². The molecule has 1 unspecified atom stereocenters. The molecule has 0 saturated carbocycles. The Labute approximate surface area is 287 Å². The Morgan fingerprint density at radius 1 is 0.478 bits per heavy atom. The van der Waals surface area contributed by atoms with E-state index in [2.05, 4.69) is 38.2 Å². The van der Waals surface area contributed by atoms with Gasteiger partial charge in [0.25, 0.3) is 0 Å². The third kappa shape index (κ3) is 36.9. The van der Waals surface area contributed by atoms with Gasteiger partial charge in [0.2, 0.25) is 0 Å². The third-order valence-electron chi connectivity index (χ3n) is 9.18. The maximum atomic E-state index is 12.6. The highest BCUT2D eigenvalue weighted by Crippen LogP contribution is 2.18. The molecule has 0 aliphatic rings. The van der Waals surface area contributed by atoms with Crippen molar-refractivity contribution in [2.24, 2.45) is 0 Å². The van der Waals surface area contributed by atoms with Crippen molar-refractivity contribution in [3.63, 3.8) is 0 Å². The zero-order chi connectivity index (χ0) is 33.6. The van der Waals surface area contributed by atoms with Crippen LogP contribution in [-0.2, 0) is 14.3 Å². The number of hydrogen-bond acceptors (Lipinski definition) is 3. The van der Waals surface area contributed by atoms with E-state index in [4.69, 9.17) is 9.84 Å². The first-order valence-electron chi connectivity index (χ1n) is 20.3. The summed E-state index contributed by atoms with van der Waals surface area (Å²) < 4.78 is 5.97. The van der Waals surface area contributed by atoms with Crippen molar-refractivity contribution in [2.75, 3.05) is 0 Å². The summed E-state index contributed by atoms with van der Waals surface area (Å²) in [6.45, 7) is 4.49. The van der Waals surface area contributed by atoms with Crippen LogP contribution >= 0.6 is 0 Å². The van der Waals surface area contributed by atoms with Crippen LogP contribution in [0.4, 0.5) is 0 Å². The first-order valence-corrected chi connectivity index (χ1v) is 20.3. The van der Waals surface area contributed by atoms with E-state index in [0.717, 1.165) is 51.4 Å². The predicted octanol–water partition coefficient (Wildman–Crippen LogP) is 14.0.